The molecule has 17 nitrogen and oxygen atoms in total. The number of phosphoric acid groups is 2. The van der Waals surface area contributed by atoms with Crippen molar-refractivity contribution in [2.75, 3.05) is 39.6 Å². The van der Waals surface area contributed by atoms with Gasteiger partial charge >= 0.3 is 39.5 Å². The molecule has 6 atom stereocenters. The molecule has 618 valence electrons. The molecular formula is C85H166O17P2. The number of unbranched alkanes of at least 4 members (excludes halogenated alkanes) is 50. The molecule has 0 amide bonds. The zero-order valence-electron chi connectivity index (χ0n) is 68.5. The molecular weight excluding hydrogens is 1350 g/mol. The highest BCUT2D eigenvalue weighted by Crippen LogP contribution is 2.45. The number of carbonyl (C=O) groups is 4. The smallest absolute Gasteiger partial charge is 0.462 e. The Hall–Kier alpha value is -1.94. The fraction of sp³-hybridized carbons (Fsp3) is 0.953. The average molecular weight is 1520 g/mol. The third kappa shape index (κ3) is 76.8. The first-order valence-corrected chi connectivity index (χ1v) is 46.9. The summed E-state index contributed by atoms with van der Waals surface area (Å²) >= 11 is 0. The van der Waals surface area contributed by atoms with Crippen LogP contribution in [-0.4, -0.2) is 96.7 Å². The first-order valence-electron chi connectivity index (χ1n) is 43.9. The summed E-state index contributed by atoms with van der Waals surface area (Å²) < 4.78 is 68.8. The van der Waals surface area contributed by atoms with Crippen molar-refractivity contribution in [2.45, 2.75) is 465 Å². The maximum absolute atomic E-state index is 13.1. The SMILES string of the molecule is CCCCCCCCCCCCCCCCCCCCC(=O)OC[C@H](COP(=O)(O)OC[C@@H](O)COP(=O)(O)OC[C@@H](COC(=O)CCCCCCCCCCC(C)C)OC(=O)CCCCCCCCCCCCC(C)C)OC(=O)CCCCCCCCCCCCCCCCCCCCC(C)CC. The lowest BCUT2D eigenvalue weighted by Gasteiger charge is -2.21. The van der Waals surface area contributed by atoms with Gasteiger partial charge in [0.05, 0.1) is 26.4 Å². The van der Waals surface area contributed by atoms with Gasteiger partial charge < -0.3 is 33.8 Å². The number of aliphatic hydroxyl groups excluding tert-OH is 1. The van der Waals surface area contributed by atoms with Crippen molar-refractivity contribution in [3.8, 4) is 0 Å². The molecule has 0 fully saturated rings. The summed E-state index contributed by atoms with van der Waals surface area (Å²) in [7, 11) is -9.93. The molecule has 0 radical (unpaired) electrons. The van der Waals surface area contributed by atoms with E-state index in [4.69, 9.17) is 37.0 Å². The molecule has 0 saturated carbocycles. The number of aliphatic hydroxyl groups is 1. The normalized spacial score (nSPS) is 14.2. The molecule has 0 aliphatic carbocycles. The fourth-order valence-corrected chi connectivity index (χ4v) is 14.7. The predicted octanol–water partition coefficient (Wildman–Crippen LogP) is 25.7. The van der Waals surface area contributed by atoms with E-state index in [0.717, 1.165) is 108 Å². The third-order valence-corrected chi connectivity index (χ3v) is 22.1. The Morgan fingerprint density at radius 3 is 0.731 bits per heavy atom. The van der Waals surface area contributed by atoms with Crippen LogP contribution in [0.1, 0.15) is 447 Å². The summed E-state index contributed by atoms with van der Waals surface area (Å²) in [4.78, 5) is 73.2. The van der Waals surface area contributed by atoms with Gasteiger partial charge in [-0.1, -0.05) is 395 Å². The first-order chi connectivity index (χ1) is 50.3. The van der Waals surface area contributed by atoms with Crippen molar-refractivity contribution in [1.82, 2.24) is 0 Å². The Bertz CT molecular complexity index is 2010. The molecule has 104 heavy (non-hydrogen) atoms. The van der Waals surface area contributed by atoms with Crippen LogP contribution in [0.25, 0.3) is 0 Å². The Morgan fingerprint density at radius 2 is 0.490 bits per heavy atom. The molecule has 0 heterocycles. The zero-order chi connectivity index (χ0) is 76.5. The van der Waals surface area contributed by atoms with E-state index < -0.39 is 97.5 Å². The van der Waals surface area contributed by atoms with Gasteiger partial charge in [-0.2, -0.15) is 0 Å². The van der Waals surface area contributed by atoms with E-state index >= 15 is 0 Å². The van der Waals surface area contributed by atoms with Crippen molar-refractivity contribution in [3.05, 3.63) is 0 Å². The number of phosphoric ester groups is 2. The summed E-state index contributed by atoms with van der Waals surface area (Å²) in [6.45, 7) is 12.0. The highest BCUT2D eigenvalue weighted by Gasteiger charge is 2.30. The van der Waals surface area contributed by atoms with Crippen LogP contribution in [0, 0.1) is 17.8 Å². The largest absolute Gasteiger partial charge is 0.472 e. The Balaban J connectivity index is 5.23. The summed E-state index contributed by atoms with van der Waals surface area (Å²) in [5, 5.41) is 10.7. The van der Waals surface area contributed by atoms with Gasteiger partial charge in [-0.25, -0.2) is 9.13 Å². The van der Waals surface area contributed by atoms with Gasteiger partial charge in [0.15, 0.2) is 12.2 Å². The van der Waals surface area contributed by atoms with Gasteiger partial charge in [0.25, 0.3) is 0 Å². The van der Waals surface area contributed by atoms with E-state index in [1.165, 1.54) is 257 Å². The monoisotopic (exact) mass is 1520 g/mol. The maximum Gasteiger partial charge on any atom is 0.472 e. The molecule has 0 aromatic rings. The minimum Gasteiger partial charge on any atom is -0.462 e. The lowest BCUT2D eigenvalue weighted by atomic mass is 9.99. The molecule has 0 bridgehead atoms. The van der Waals surface area contributed by atoms with E-state index in [0.29, 0.717) is 25.7 Å². The lowest BCUT2D eigenvalue weighted by molar-refractivity contribution is -0.161. The first kappa shape index (κ1) is 102. The van der Waals surface area contributed by atoms with Gasteiger partial charge in [0.1, 0.15) is 19.3 Å². The van der Waals surface area contributed by atoms with Gasteiger partial charge in [-0.3, -0.25) is 37.3 Å². The Kier molecular flexibility index (Phi) is 73.7. The van der Waals surface area contributed by atoms with Crippen LogP contribution in [0.2, 0.25) is 0 Å². The summed E-state index contributed by atoms with van der Waals surface area (Å²) in [5.41, 5.74) is 0. The molecule has 0 spiro atoms. The standard InChI is InChI=1S/C85H166O17P2/c1-8-10-11-12-13-14-15-16-17-18-22-25-28-31-37-45-52-59-66-82(87)95-72-80(101-84(89)68-61-54-47-38-32-29-26-23-20-19-21-24-27-30-36-44-51-58-65-78(7)9-2)74-99-103(91,92)97-70-79(86)71-98-104(93,94)100-75-81(73-96-83(88)67-60-53-46-41-40-43-50-57-64-77(5)6)102-85(90)69-62-55-48-39-34-33-35-42-49-56-63-76(3)4/h76-81,86H,8-75H2,1-7H3,(H,91,92)(H,93,94)/t78?,79-,80-,81-/m1/s1. The zero-order valence-corrected chi connectivity index (χ0v) is 70.3. The maximum atomic E-state index is 13.1. The van der Waals surface area contributed by atoms with Gasteiger partial charge in [-0.15, -0.1) is 0 Å². The van der Waals surface area contributed by atoms with E-state index in [9.17, 15) is 43.2 Å². The minimum atomic E-state index is -4.97. The number of ether oxygens (including phenoxy) is 4. The van der Waals surface area contributed by atoms with Crippen molar-refractivity contribution < 1.29 is 80.2 Å². The van der Waals surface area contributed by atoms with Crippen LogP contribution in [0.3, 0.4) is 0 Å². The van der Waals surface area contributed by atoms with Crippen molar-refractivity contribution in [2.24, 2.45) is 17.8 Å². The van der Waals surface area contributed by atoms with Crippen molar-refractivity contribution in [1.29, 1.82) is 0 Å². The van der Waals surface area contributed by atoms with Gasteiger partial charge in [0.2, 0.25) is 0 Å². The molecule has 0 aromatic carbocycles. The number of carbonyl (C=O) groups excluding carboxylic acids is 4. The summed E-state index contributed by atoms with van der Waals surface area (Å²) in [5.74, 6) is 0.242. The highest BCUT2D eigenvalue weighted by atomic mass is 31.2. The summed E-state index contributed by atoms with van der Waals surface area (Å²) in [6, 6.07) is 0. The van der Waals surface area contributed by atoms with Crippen LogP contribution in [0.15, 0.2) is 0 Å². The number of esters is 4. The number of rotatable bonds is 83. The second-order valence-electron chi connectivity index (χ2n) is 31.8. The van der Waals surface area contributed by atoms with Crippen LogP contribution >= 0.6 is 15.6 Å². The summed E-state index contributed by atoms with van der Waals surface area (Å²) in [6.07, 6.45) is 65.3. The van der Waals surface area contributed by atoms with E-state index in [1.54, 1.807) is 0 Å². The van der Waals surface area contributed by atoms with Crippen LogP contribution in [-0.2, 0) is 65.4 Å². The topological polar surface area (TPSA) is 237 Å². The third-order valence-electron chi connectivity index (χ3n) is 20.2. The molecule has 0 aliphatic heterocycles. The number of hydrogen-bond acceptors (Lipinski definition) is 15. The van der Waals surface area contributed by atoms with Crippen LogP contribution in [0.5, 0.6) is 0 Å². The van der Waals surface area contributed by atoms with Crippen molar-refractivity contribution in [3.63, 3.8) is 0 Å². The van der Waals surface area contributed by atoms with E-state index in [1.807, 2.05) is 0 Å². The molecule has 0 aromatic heterocycles. The van der Waals surface area contributed by atoms with Crippen molar-refractivity contribution >= 4 is 39.5 Å². The van der Waals surface area contributed by atoms with E-state index in [2.05, 4.69) is 48.5 Å². The second-order valence-corrected chi connectivity index (χ2v) is 34.7. The lowest BCUT2D eigenvalue weighted by Crippen LogP contribution is -2.30. The Morgan fingerprint density at radius 1 is 0.279 bits per heavy atom. The molecule has 0 rings (SSSR count). The van der Waals surface area contributed by atoms with Gasteiger partial charge in [-0.05, 0) is 43.4 Å². The highest BCUT2D eigenvalue weighted by molar-refractivity contribution is 7.47. The molecule has 19 heteroatoms. The molecule has 0 aliphatic rings. The molecule has 3 N–H and O–H groups in total. The van der Waals surface area contributed by atoms with Crippen LogP contribution < -0.4 is 0 Å². The minimum absolute atomic E-state index is 0.106. The quantitative estimate of drug-likeness (QED) is 0.0222. The van der Waals surface area contributed by atoms with Gasteiger partial charge in [0, 0.05) is 25.7 Å². The second kappa shape index (κ2) is 75.1. The molecule has 3 unspecified atom stereocenters. The van der Waals surface area contributed by atoms with E-state index in [-0.39, 0.29) is 25.7 Å². The molecule has 0 saturated heterocycles. The predicted molar refractivity (Wildman–Crippen MR) is 428 cm³/mol. The average Bonchev–Trinajstić information content (AvgIpc) is 0.958. The number of hydrogen-bond donors (Lipinski definition) is 3. The van der Waals surface area contributed by atoms with Crippen LogP contribution in [0.4, 0.5) is 0 Å². The fourth-order valence-electron chi connectivity index (χ4n) is 13.2. The Labute approximate surface area is 638 Å².